The van der Waals surface area contributed by atoms with Gasteiger partial charge in [0.1, 0.15) is 0 Å². The van der Waals surface area contributed by atoms with Crippen molar-refractivity contribution >= 4 is 29.8 Å². The van der Waals surface area contributed by atoms with E-state index in [-0.39, 0.29) is 11.7 Å². The van der Waals surface area contributed by atoms with Crippen molar-refractivity contribution in [3.63, 3.8) is 0 Å². The first-order valence-electron chi connectivity index (χ1n) is 6.56. The molecular weight excluding hydrogens is 293 g/mol. The molecule has 18 heavy (non-hydrogen) atoms. The minimum absolute atomic E-state index is 0.191. The van der Waals surface area contributed by atoms with Crippen LogP contribution in [0.25, 0.3) is 0 Å². The second-order valence-corrected chi connectivity index (χ2v) is 8.06. The molecule has 1 saturated carbocycles. The van der Waals surface area contributed by atoms with E-state index in [1.807, 2.05) is 18.2 Å². The molecule has 3 rings (SSSR count). The number of anilines is 1. The molecule has 0 amide bonds. The number of benzene rings is 1. The average Bonchev–Trinajstić information content (AvgIpc) is 2.80. The first-order chi connectivity index (χ1) is 8.75. The van der Waals surface area contributed by atoms with Gasteiger partial charge in [-0.2, -0.15) is 0 Å². The van der Waals surface area contributed by atoms with E-state index in [4.69, 9.17) is 0 Å². The Hall–Kier alpha value is -0.991. The first-order valence-corrected chi connectivity index (χ1v) is 9.33. The van der Waals surface area contributed by atoms with E-state index in [2.05, 4.69) is 5.32 Å². The van der Waals surface area contributed by atoms with Gasteiger partial charge >= 0.3 is 111 Å². The van der Waals surface area contributed by atoms with Gasteiger partial charge in [-0.05, 0) is 0 Å². The summed E-state index contributed by atoms with van der Waals surface area (Å²) < 4.78 is 12.7. The third-order valence-electron chi connectivity index (χ3n) is 3.88. The van der Waals surface area contributed by atoms with E-state index in [1.165, 1.54) is 19.3 Å². The zero-order valence-corrected chi connectivity index (χ0v) is 12.0. The Morgan fingerprint density at radius 2 is 2.00 bits per heavy atom. The van der Waals surface area contributed by atoms with Crippen molar-refractivity contribution in [3.05, 3.63) is 23.8 Å². The summed E-state index contributed by atoms with van der Waals surface area (Å²) in [5.41, 5.74) is 2.28. The van der Waals surface area contributed by atoms with Crippen LogP contribution < -0.4 is 9.78 Å². The molecule has 1 atom stereocenters. The number of hydrogen-bond donors (Lipinski definition) is 1. The van der Waals surface area contributed by atoms with Crippen LogP contribution in [0.5, 0.6) is 0 Å². The average molecular weight is 310 g/mol. The number of hydrogen-bond acceptors (Lipinski definition) is 3. The van der Waals surface area contributed by atoms with Crippen molar-refractivity contribution in [1.29, 1.82) is 0 Å². The van der Waals surface area contributed by atoms with Crippen molar-refractivity contribution in [2.24, 2.45) is 5.92 Å². The van der Waals surface area contributed by atoms with Gasteiger partial charge in [-0.15, -0.1) is 0 Å². The molecule has 1 N–H and O–H groups in total. The molecule has 1 aliphatic carbocycles. The third-order valence-corrected chi connectivity index (χ3v) is 6.47. The Balaban J connectivity index is 1.86. The molecule has 0 saturated heterocycles. The Kier molecular flexibility index (Phi) is 3.31. The van der Waals surface area contributed by atoms with Crippen LogP contribution in [0.4, 0.5) is 5.69 Å². The summed E-state index contributed by atoms with van der Waals surface area (Å²) in [6.45, 7) is 0. The Morgan fingerprint density at radius 1 is 1.22 bits per heavy atom. The summed E-state index contributed by atoms with van der Waals surface area (Å²) in [5, 5.41) is 3.13. The molecule has 1 unspecified atom stereocenters. The molecule has 1 aliphatic heterocycles. The summed E-state index contributed by atoms with van der Waals surface area (Å²) in [4.78, 5) is 12.4. The fraction of sp³-hybridized carbons (Fsp3) is 0.500. The fourth-order valence-corrected chi connectivity index (χ4v) is 5.11. The van der Waals surface area contributed by atoms with Crippen LogP contribution >= 0.6 is 0 Å². The molecule has 3 nitrogen and oxygen atoms in total. The molecule has 1 aromatic rings. The maximum atomic E-state index is 12.4. The number of carbonyl (C=O) groups is 1. The van der Waals surface area contributed by atoms with Crippen molar-refractivity contribution in [1.82, 2.24) is 0 Å². The topological polar surface area (TPSA) is 46.2 Å². The van der Waals surface area contributed by atoms with Crippen molar-refractivity contribution < 1.29 is 8.63 Å². The van der Waals surface area contributed by atoms with Gasteiger partial charge in [0, 0.05) is 0 Å². The van der Waals surface area contributed by atoms with Crippen LogP contribution in [0, 0.1) is 5.92 Å². The third kappa shape index (κ3) is 2.15. The number of Topliss-reactive ketones (excluding diaryl/α,β-unsaturated/α-hetero) is 1. The molecule has 1 heterocycles. The number of ketones is 1. The molecule has 2 aliphatic rings. The number of nitrogens with one attached hydrogen (secondary N) is 1. The summed E-state index contributed by atoms with van der Waals surface area (Å²) in [6.07, 6.45) is 5.63. The van der Waals surface area contributed by atoms with Crippen LogP contribution in [0.2, 0.25) is 0 Å². The van der Waals surface area contributed by atoms with Gasteiger partial charge in [-0.25, -0.2) is 0 Å². The molecule has 0 spiro atoms. The van der Waals surface area contributed by atoms with Gasteiger partial charge in [0.15, 0.2) is 0 Å². The normalized spacial score (nSPS) is 23.4. The standard InChI is InChI=1S/C14H17NO2Se/c16-14(10-4-2-1-3-5-10)11-6-7-12-13(8-11)18(17)9-15-12/h6-8,10,15H,1-5,9H2. The van der Waals surface area contributed by atoms with Crippen molar-refractivity contribution in [3.8, 4) is 0 Å². The predicted octanol–water partition coefficient (Wildman–Crippen LogP) is 2.04. The molecule has 1 aromatic carbocycles. The molecule has 96 valence electrons. The van der Waals surface area contributed by atoms with Crippen LogP contribution in [0.1, 0.15) is 42.5 Å². The van der Waals surface area contributed by atoms with Gasteiger partial charge in [-0.1, -0.05) is 0 Å². The fourth-order valence-electron chi connectivity index (χ4n) is 2.83. The monoisotopic (exact) mass is 311 g/mol. The van der Waals surface area contributed by atoms with E-state index in [0.29, 0.717) is 5.44 Å². The van der Waals surface area contributed by atoms with Crippen LogP contribution in [0.3, 0.4) is 0 Å². The Bertz CT molecular complexity index is 507. The minimum atomic E-state index is -1.94. The SMILES string of the molecule is O=C(c1ccc2c(c1)[Se](=O)CN2)C1CCCCC1. The summed E-state index contributed by atoms with van der Waals surface area (Å²) in [5.74, 6) is 0.444. The van der Waals surface area contributed by atoms with Gasteiger partial charge in [0.05, 0.1) is 0 Å². The van der Waals surface area contributed by atoms with Crippen LogP contribution in [-0.2, 0) is 3.83 Å². The predicted molar refractivity (Wildman–Crippen MR) is 71.9 cm³/mol. The second kappa shape index (κ2) is 4.94. The van der Waals surface area contributed by atoms with Gasteiger partial charge < -0.3 is 0 Å². The van der Waals surface area contributed by atoms with Crippen LogP contribution in [-0.4, -0.2) is 25.1 Å². The Labute approximate surface area is 111 Å². The Morgan fingerprint density at radius 3 is 2.78 bits per heavy atom. The van der Waals surface area contributed by atoms with E-state index in [1.54, 1.807) is 0 Å². The first kappa shape index (κ1) is 12.1. The van der Waals surface area contributed by atoms with Gasteiger partial charge in [0.25, 0.3) is 0 Å². The van der Waals surface area contributed by atoms with E-state index < -0.39 is 13.8 Å². The maximum absolute atomic E-state index is 12.4. The molecule has 0 radical (unpaired) electrons. The second-order valence-electron chi connectivity index (χ2n) is 5.08. The molecule has 1 fully saturated rings. The number of fused-ring (bicyclic) bond motifs is 1. The zero-order valence-electron chi connectivity index (χ0n) is 10.3. The van der Waals surface area contributed by atoms with Crippen molar-refractivity contribution in [2.75, 3.05) is 10.8 Å². The molecule has 4 heteroatoms. The van der Waals surface area contributed by atoms with Gasteiger partial charge in [0.2, 0.25) is 0 Å². The summed E-state index contributed by atoms with van der Waals surface area (Å²) in [7, 11) is 0. The summed E-state index contributed by atoms with van der Waals surface area (Å²) in [6, 6.07) is 5.66. The number of carbonyl (C=O) groups excluding carboxylic acids is 1. The van der Waals surface area contributed by atoms with E-state index in [0.717, 1.165) is 28.6 Å². The van der Waals surface area contributed by atoms with E-state index in [9.17, 15) is 8.63 Å². The quantitative estimate of drug-likeness (QED) is 0.672. The van der Waals surface area contributed by atoms with Gasteiger partial charge in [-0.3, -0.25) is 0 Å². The zero-order chi connectivity index (χ0) is 12.5. The molecular formula is C14H17NO2Se. The van der Waals surface area contributed by atoms with E-state index >= 15 is 0 Å². The molecule has 0 bridgehead atoms. The number of rotatable bonds is 2. The van der Waals surface area contributed by atoms with Crippen molar-refractivity contribution in [2.45, 2.75) is 32.1 Å². The molecule has 0 aromatic heterocycles. The summed E-state index contributed by atoms with van der Waals surface area (Å²) >= 11 is -1.94. The van der Waals surface area contributed by atoms with Crippen LogP contribution in [0.15, 0.2) is 18.2 Å².